The Morgan fingerprint density at radius 3 is 2.44 bits per heavy atom. The van der Waals surface area contributed by atoms with Gasteiger partial charge >= 0.3 is 6.03 Å². The molecule has 0 saturated carbocycles. The van der Waals surface area contributed by atoms with E-state index in [-0.39, 0.29) is 23.8 Å². The first-order valence-corrected chi connectivity index (χ1v) is 9.57. The van der Waals surface area contributed by atoms with Gasteiger partial charge in [-0.25, -0.2) is 4.79 Å². The van der Waals surface area contributed by atoms with Crippen molar-refractivity contribution in [2.24, 2.45) is 5.92 Å². The van der Waals surface area contributed by atoms with E-state index in [0.29, 0.717) is 55.9 Å². The number of rotatable bonds is 4. The summed E-state index contributed by atoms with van der Waals surface area (Å²) in [6, 6.07) is -0.239. The molecule has 0 aliphatic carbocycles. The van der Waals surface area contributed by atoms with Gasteiger partial charge in [-0.1, -0.05) is 25.9 Å². The van der Waals surface area contributed by atoms with Crippen LogP contribution in [0.25, 0.3) is 0 Å². The summed E-state index contributed by atoms with van der Waals surface area (Å²) in [5, 5.41) is 3.96. The molecule has 8 heteroatoms. The molecule has 0 unspecified atom stereocenters. The van der Waals surface area contributed by atoms with Gasteiger partial charge in [-0.05, 0) is 32.1 Å². The van der Waals surface area contributed by atoms with Gasteiger partial charge in [0.25, 0.3) is 11.8 Å². The van der Waals surface area contributed by atoms with Crippen LogP contribution in [0, 0.1) is 12.8 Å². The summed E-state index contributed by atoms with van der Waals surface area (Å²) in [6.45, 7) is 9.12. The van der Waals surface area contributed by atoms with E-state index >= 15 is 0 Å². The van der Waals surface area contributed by atoms with E-state index in [2.05, 4.69) is 5.16 Å². The second-order valence-corrected chi connectivity index (χ2v) is 7.89. The van der Waals surface area contributed by atoms with Crippen molar-refractivity contribution >= 4 is 17.8 Å². The third-order valence-corrected chi connectivity index (χ3v) is 5.64. The van der Waals surface area contributed by atoms with Crippen molar-refractivity contribution in [3.8, 4) is 0 Å². The van der Waals surface area contributed by atoms with Crippen molar-refractivity contribution in [1.29, 1.82) is 0 Å². The van der Waals surface area contributed by atoms with Crippen LogP contribution in [0.1, 0.15) is 55.4 Å². The van der Waals surface area contributed by atoms with Gasteiger partial charge < -0.3 is 14.3 Å². The first-order valence-electron chi connectivity index (χ1n) is 9.57. The summed E-state index contributed by atoms with van der Waals surface area (Å²) in [7, 11) is 1.54. The predicted molar refractivity (Wildman–Crippen MR) is 98.2 cm³/mol. The number of carbonyl (C=O) groups excluding carboxylic acids is 3. The molecule has 0 atom stereocenters. The third-order valence-electron chi connectivity index (χ3n) is 5.64. The highest BCUT2D eigenvalue weighted by Crippen LogP contribution is 2.37. The van der Waals surface area contributed by atoms with Crippen LogP contribution in [0.2, 0.25) is 0 Å². The van der Waals surface area contributed by atoms with Crippen LogP contribution in [-0.2, 0) is 11.2 Å². The first kappa shape index (κ1) is 19.4. The monoisotopic (exact) mass is 376 g/mol. The number of hydrogen-bond donors (Lipinski definition) is 0. The molecule has 27 heavy (non-hydrogen) atoms. The van der Waals surface area contributed by atoms with Gasteiger partial charge in [-0.3, -0.25) is 14.5 Å². The molecule has 1 spiro atoms. The molecule has 148 valence electrons. The summed E-state index contributed by atoms with van der Waals surface area (Å²) in [4.78, 5) is 43.1. The molecule has 4 amide bonds. The number of likely N-dealkylation sites (tertiary alicyclic amines) is 1. The SMILES string of the molecule is CCc1noc(C)c1C(=O)N1CCC2(CC1)C(=O)N(C)C(=O)N2CC(C)C. The Balaban J connectivity index is 1.81. The molecule has 3 heterocycles. The molecule has 0 bridgehead atoms. The van der Waals surface area contributed by atoms with E-state index < -0.39 is 5.54 Å². The van der Waals surface area contributed by atoms with Crippen LogP contribution in [0.15, 0.2) is 4.52 Å². The number of amides is 4. The van der Waals surface area contributed by atoms with E-state index in [1.165, 1.54) is 11.9 Å². The van der Waals surface area contributed by atoms with E-state index in [9.17, 15) is 14.4 Å². The topological polar surface area (TPSA) is 87.0 Å². The minimum absolute atomic E-state index is 0.110. The highest BCUT2D eigenvalue weighted by molar-refractivity contribution is 6.07. The number of urea groups is 1. The van der Waals surface area contributed by atoms with Crippen molar-refractivity contribution < 1.29 is 18.9 Å². The fourth-order valence-corrected chi connectivity index (χ4v) is 4.15. The number of piperidine rings is 1. The highest BCUT2D eigenvalue weighted by Gasteiger charge is 2.57. The van der Waals surface area contributed by atoms with Crippen LogP contribution < -0.4 is 0 Å². The lowest BCUT2D eigenvalue weighted by molar-refractivity contribution is -0.134. The smallest absolute Gasteiger partial charge is 0.327 e. The molecule has 2 aliphatic heterocycles. The van der Waals surface area contributed by atoms with Crippen molar-refractivity contribution in [2.45, 2.75) is 52.5 Å². The molecular weight excluding hydrogens is 348 g/mol. The average molecular weight is 376 g/mol. The number of imide groups is 1. The zero-order valence-corrected chi connectivity index (χ0v) is 16.7. The first-order chi connectivity index (χ1) is 12.7. The number of hydrogen-bond acceptors (Lipinski definition) is 5. The fraction of sp³-hybridized carbons (Fsp3) is 0.684. The summed E-state index contributed by atoms with van der Waals surface area (Å²) in [6.07, 6.45) is 1.52. The molecule has 0 radical (unpaired) electrons. The second-order valence-electron chi connectivity index (χ2n) is 7.89. The zero-order valence-electron chi connectivity index (χ0n) is 16.7. The molecule has 2 aliphatic rings. The number of nitrogens with zero attached hydrogens (tertiary/aromatic N) is 4. The fourth-order valence-electron chi connectivity index (χ4n) is 4.15. The van der Waals surface area contributed by atoms with Crippen LogP contribution >= 0.6 is 0 Å². The Hall–Kier alpha value is -2.38. The lowest BCUT2D eigenvalue weighted by atomic mass is 9.85. The summed E-state index contributed by atoms with van der Waals surface area (Å²) < 4.78 is 5.19. The van der Waals surface area contributed by atoms with Gasteiger partial charge in [0, 0.05) is 26.7 Å². The molecule has 1 aromatic rings. The summed E-state index contributed by atoms with van der Waals surface area (Å²) >= 11 is 0. The van der Waals surface area contributed by atoms with E-state index in [0.717, 1.165) is 0 Å². The molecule has 2 fully saturated rings. The Kier molecular flexibility index (Phi) is 5.01. The van der Waals surface area contributed by atoms with E-state index in [1.54, 1.807) is 16.7 Å². The minimum Gasteiger partial charge on any atom is -0.361 e. The number of likely N-dealkylation sites (N-methyl/N-ethyl adjacent to an activating group) is 1. The van der Waals surface area contributed by atoms with Crippen LogP contribution in [-0.4, -0.2) is 69.9 Å². The predicted octanol–water partition coefficient (Wildman–Crippen LogP) is 2.07. The highest BCUT2D eigenvalue weighted by atomic mass is 16.5. The van der Waals surface area contributed by atoms with Gasteiger partial charge in [0.15, 0.2) is 0 Å². The zero-order chi connectivity index (χ0) is 19.9. The van der Waals surface area contributed by atoms with Crippen molar-refractivity contribution in [2.75, 3.05) is 26.7 Å². The van der Waals surface area contributed by atoms with E-state index in [4.69, 9.17) is 4.52 Å². The Morgan fingerprint density at radius 1 is 1.26 bits per heavy atom. The summed E-state index contributed by atoms with van der Waals surface area (Å²) in [5.74, 6) is 0.513. The van der Waals surface area contributed by atoms with Crippen molar-refractivity contribution in [1.82, 2.24) is 19.9 Å². The number of carbonyl (C=O) groups is 3. The third kappa shape index (κ3) is 3.00. The van der Waals surface area contributed by atoms with Crippen molar-refractivity contribution in [3.63, 3.8) is 0 Å². The number of aryl methyl sites for hydroxylation is 2. The maximum atomic E-state index is 13.0. The maximum Gasteiger partial charge on any atom is 0.327 e. The van der Waals surface area contributed by atoms with Gasteiger partial charge in [-0.2, -0.15) is 0 Å². The molecule has 1 aromatic heterocycles. The van der Waals surface area contributed by atoms with Crippen LogP contribution in [0.4, 0.5) is 4.79 Å². The Labute approximate surface area is 159 Å². The van der Waals surface area contributed by atoms with Crippen molar-refractivity contribution in [3.05, 3.63) is 17.0 Å². The van der Waals surface area contributed by atoms with Gasteiger partial charge in [0.1, 0.15) is 16.9 Å². The van der Waals surface area contributed by atoms with Crippen LogP contribution in [0.5, 0.6) is 0 Å². The lowest BCUT2D eigenvalue weighted by Crippen LogP contribution is -2.58. The molecular formula is C19H28N4O4. The normalized spacial score (nSPS) is 19.7. The molecule has 8 nitrogen and oxygen atoms in total. The maximum absolute atomic E-state index is 13.0. The van der Waals surface area contributed by atoms with Gasteiger partial charge in [0.2, 0.25) is 0 Å². The standard InChI is InChI=1S/C19H28N4O4/c1-6-14-15(13(4)27-20-14)16(24)22-9-7-19(8-10-22)17(25)21(5)18(26)23(19)11-12(2)3/h12H,6-11H2,1-5H3. The second kappa shape index (κ2) is 6.98. The van der Waals surface area contributed by atoms with Crippen LogP contribution in [0.3, 0.4) is 0 Å². The molecule has 0 aromatic carbocycles. The number of aromatic nitrogens is 1. The molecule has 2 saturated heterocycles. The lowest BCUT2D eigenvalue weighted by Gasteiger charge is -2.42. The minimum atomic E-state index is -0.829. The Bertz CT molecular complexity index is 762. The molecule has 0 N–H and O–H groups in total. The average Bonchev–Trinajstić information content (AvgIpc) is 3.10. The summed E-state index contributed by atoms with van der Waals surface area (Å²) in [5.41, 5.74) is 0.356. The molecule has 3 rings (SSSR count). The van der Waals surface area contributed by atoms with Gasteiger partial charge in [-0.15, -0.1) is 0 Å². The largest absolute Gasteiger partial charge is 0.361 e. The van der Waals surface area contributed by atoms with Gasteiger partial charge in [0.05, 0.1) is 5.69 Å². The quantitative estimate of drug-likeness (QED) is 0.751. The van der Waals surface area contributed by atoms with E-state index in [1.807, 2.05) is 20.8 Å². The Morgan fingerprint density at radius 2 is 1.89 bits per heavy atom.